The number of fused-ring (bicyclic) bond motifs is 5. The molecular weight excluding hydrogens is 276 g/mol. The lowest BCUT2D eigenvalue weighted by molar-refractivity contribution is -0.140. The molecule has 1 saturated carbocycles. The lowest BCUT2D eigenvalue weighted by atomic mass is 9.85. The van der Waals surface area contributed by atoms with Gasteiger partial charge in [0.1, 0.15) is 0 Å². The van der Waals surface area contributed by atoms with E-state index in [0.29, 0.717) is 0 Å². The van der Waals surface area contributed by atoms with E-state index in [0.717, 1.165) is 23.2 Å². The molecule has 0 radical (unpaired) electrons. The van der Waals surface area contributed by atoms with Crippen LogP contribution in [0.2, 0.25) is 0 Å². The van der Waals surface area contributed by atoms with Gasteiger partial charge in [0.2, 0.25) is 11.8 Å². The average Bonchev–Trinajstić information content (AvgIpc) is 3.16. The van der Waals surface area contributed by atoms with Crippen LogP contribution in [-0.2, 0) is 9.59 Å². The highest BCUT2D eigenvalue weighted by atomic mass is 16.2. The summed E-state index contributed by atoms with van der Waals surface area (Å²) in [7, 11) is 0. The monoisotopic (exact) mass is 296 g/mol. The van der Waals surface area contributed by atoms with Crippen molar-refractivity contribution in [2.45, 2.75) is 20.3 Å². The minimum atomic E-state index is -0.108. The fourth-order valence-corrected chi connectivity index (χ4v) is 4.21. The molecule has 1 N–H and O–H groups in total. The molecule has 4 nitrogen and oxygen atoms in total. The number of nitrogens with one attached hydrogen (secondary N) is 1. The maximum absolute atomic E-state index is 12.6. The van der Waals surface area contributed by atoms with Crippen molar-refractivity contribution in [1.82, 2.24) is 4.90 Å². The topological polar surface area (TPSA) is 49.4 Å². The van der Waals surface area contributed by atoms with Crippen molar-refractivity contribution in [3.05, 3.63) is 41.5 Å². The van der Waals surface area contributed by atoms with Crippen molar-refractivity contribution < 1.29 is 9.59 Å². The molecule has 1 aliphatic heterocycles. The number of nitrogens with zero attached hydrogens (tertiary/aromatic N) is 1. The zero-order chi connectivity index (χ0) is 15.4. The summed E-state index contributed by atoms with van der Waals surface area (Å²) < 4.78 is 0. The normalized spacial score (nSPS) is 32.0. The molecule has 4 heteroatoms. The third-order valence-corrected chi connectivity index (χ3v) is 5.38. The predicted octanol–water partition coefficient (Wildman–Crippen LogP) is 2.48. The van der Waals surface area contributed by atoms with Crippen LogP contribution in [0, 0.1) is 37.5 Å². The molecule has 22 heavy (non-hydrogen) atoms. The predicted molar refractivity (Wildman–Crippen MR) is 84.0 cm³/mol. The third-order valence-electron chi connectivity index (χ3n) is 5.38. The van der Waals surface area contributed by atoms with E-state index in [9.17, 15) is 9.59 Å². The summed E-state index contributed by atoms with van der Waals surface area (Å²) in [5.74, 6) is 0.342. The Morgan fingerprint density at radius 2 is 1.73 bits per heavy atom. The molecule has 2 amide bonds. The summed E-state index contributed by atoms with van der Waals surface area (Å²) in [6.45, 7) is 4.33. The van der Waals surface area contributed by atoms with E-state index in [4.69, 9.17) is 0 Å². The number of carbonyl (C=O) groups excluding carboxylic acids is 2. The Balaban J connectivity index is 1.51. The van der Waals surface area contributed by atoms with Crippen LogP contribution >= 0.6 is 0 Å². The first-order valence-corrected chi connectivity index (χ1v) is 7.91. The number of allylic oxidation sites excluding steroid dienone is 2. The fraction of sp³-hybridized carbons (Fsp3) is 0.444. The molecule has 4 rings (SSSR count). The molecule has 0 unspecified atom stereocenters. The Hall–Kier alpha value is -2.10. The third kappa shape index (κ3) is 1.83. The number of hydrogen-bond donors (Lipinski definition) is 1. The maximum Gasteiger partial charge on any atom is 0.235 e. The molecule has 1 heterocycles. The number of amides is 2. The Morgan fingerprint density at radius 1 is 1.09 bits per heavy atom. The quantitative estimate of drug-likeness (QED) is 0.688. The molecule has 0 aromatic heterocycles. The van der Waals surface area contributed by atoms with Crippen LogP contribution in [-0.4, -0.2) is 23.4 Å². The zero-order valence-corrected chi connectivity index (χ0v) is 12.9. The van der Waals surface area contributed by atoms with Crippen LogP contribution in [0.3, 0.4) is 0 Å². The first-order valence-electron chi connectivity index (χ1n) is 7.91. The van der Waals surface area contributed by atoms with Crippen molar-refractivity contribution in [2.75, 3.05) is 12.0 Å². The highest BCUT2D eigenvalue weighted by molar-refractivity contribution is 6.06. The Bertz CT molecular complexity index is 664. The van der Waals surface area contributed by atoms with E-state index in [1.807, 2.05) is 26.0 Å². The lowest BCUT2D eigenvalue weighted by Gasteiger charge is -2.19. The van der Waals surface area contributed by atoms with Crippen molar-refractivity contribution in [3.8, 4) is 0 Å². The number of imide groups is 1. The van der Waals surface area contributed by atoms with Crippen LogP contribution in [0.15, 0.2) is 30.4 Å². The van der Waals surface area contributed by atoms with Gasteiger partial charge in [0, 0.05) is 5.69 Å². The van der Waals surface area contributed by atoms with Gasteiger partial charge in [-0.3, -0.25) is 14.5 Å². The number of carbonyl (C=O) groups is 2. The van der Waals surface area contributed by atoms with Crippen molar-refractivity contribution in [1.29, 1.82) is 0 Å². The lowest BCUT2D eigenvalue weighted by Crippen LogP contribution is -2.37. The van der Waals surface area contributed by atoms with Crippen LogP contribution in [0.5, 0.6) is 0 Å². The van der Waals surface area contributed by atoms with Gasteiger partial charge < -0.3 is 5.32 Å². The Kier molecular flexibility index (Phi) is 2.90. The molecule has 2 aliphatic carbocycles. The fourth-order valence-electron chi connectivity index (χ4n) is 4.21. The van der Waals surface area contributed by atoms with E-state index >= 15 is 0 Å². The number of benzene rings is 1. The summed E-state index contributed by atoms with van der Waals surface area (Å²) in [5, 5.41) is 3.26. The highest BCUT2D eigenvalue weighted by Gasteiger charge is 2.59. The second-order valence-electron chi connectivity index (χ2n) is 6.76. The van der Waals surface area contributed by atoms with Crippen LogP contribution < -0.4 is 5.32 Å². The van der Waals surface area contributed by atoms with Gasteiger partial charge >= 0.3 is 0 Å². The van der Waals surface area contributed by atoms with E-state index in [1.54, 1.807) is 0 Å². The number of likely N-dealkylation sites (tertiary alicyclic amines) is 1. The van der Waals surface area contributed by atoms with Gasteiger partial charge in [0.25, 0.3) is 0 Å². The van der Waals surface area contributed by atoms with Gasteiger partial charge in [-0.05, 0) is 49.3 Å². The summed E-state index contributed by atoms with van der Waals surface area (Å²) in [6, 6.07) is 6.15. The van der Waals surface area contributed by atoms with Gasteiger partial charge in [0.15, 0.2) is 0 Å². The van der Waals surface area contributed by atoms with Gasteiger partial charge in [0.05, 0.1) is 18.5 Å². The number of anilines is 1. The first-order chi connectivity index (χ1) is 10.6. The van der Waals surface area contributed by atoms with Crippen LogP contribution in [0.25, 0.3) is 0 Å². The van der Waals surface area contributed by atoms with Crippen molar-refractivity contribution in [2.24, 2.45) is 23.7 Å². The molecule has 114 valence electrons. The minimum absolute atomic E-state index is 0.00431. The maximum atomic E-state index is 12.6. The minimum Gasteiger partial charge on any atom is -0.367 e. The van der Waals surface area contributed by atoms with Gasteiger partial charge in [-0.2, -0.15) is 0 Å². The molecule has 3 aliphatic rings. The molecule has 2 fully saturated rings. The van der Waals surface area contributed by atoms with E-state index in [-0.39, 0.29) is 42.2 Å². The molecule has 1 saturated heterocycles. The van der Waals surface area contributed by atoms with E-state index in [1.165, 1.54) is 4.90 Å². The second-order valence-corrected chi connectivity index (χ2v) is 6.76. The summed E-state index contributed by atoms with van der Waals surface area (Å²) in [4.78, 5) is 26.6. The largest absolute Gasteiger partial charge is 0.367 e. The van der Waals surface area contributed by atoms with Gasteiger partial charge in [-0.1, -0.05) is 24.3 Å². The average molecular weight is 296 g/mol. The number of hydrogen-bond acceptors (Lipinski definition) is 3. The second kappa shape index (κ2) is 4.70. The number of rotatable bonds is 3. The summed E-state index contributed by atoms with van der Waals surface area (Å²) in [6.07, 6.45) is 5.22. The Morgan fingerprint density at radius 3 is 2.36 bits per heavy atom. The zero-order valence-electron chi connectivity index (χ0n) is 12.9. The molecule has 1 aromatic rings. The van der Waals surface area contributed by atoms with Crippen LogP contribution in [0.4, 0.5) is 5.69 Å². The summed E-state index contributed by atoms with van der Waals surface area (Å²) >= 11 is 0. The summed E-state index contributed by atoms with van der Waals surface area (Å²) in [5.41, 5.74) is 3.26. The van der Waals surface area contributed by atoms with E-state index < -0.39 is 0 Å². The van der Waals surface area contributed by atoms with Crippen LogP contribution in [0.1, 0.15) is 17.5 Å². The smallest absolute Gasteiger partial charge is 0.235 e. The molecular formula is C18H20N2O2. The van der Waals surface area contributed by atoms with E-state index in [2.05, 4.69) is 23.5 Å². The van der Waals surface area contributed by atoms with Crippen molar-refractivity contribution in [3.63, 3.8) is 0 Å². The van der Waals surface area contributed by atoms with Gasteiger partial charge in [-0.15, -0.1) is 0 Å². The molecule has 1 aromatic carbocycles. The molecule has 0 spiro atoms. The SMILES string of the molecule is Cc1ccc(C)c(NCN2C(=O)[C@@H]3[C@@H](C2=O)[C@@H]2C=C[C@@H]3C2)c1. The standard InChI is InChI=1S/C18H20N2O2/c1-10-3-4-11(2)14(7-10)19-9-20-17(21)15-12-5-6-13(8-12)16(15)18(20)22/h3-7,12-13,15-16,19H,8-9H2,1-2H3/t12-,13-,15+,16+/m1/s1. The molecule has 2 bridgehead atoms. The Labute approximate surface area is 130 Å². The number of aryl methyl sites for hydroxylation is 2. The van der Waals surface area contributed by atoms with Gasteiger partial charge in [-0.25, -0.2) is 0 Å². The first kappa shape index (κ1) is 13.6. The van der Waals surface area contributed by atoms with Crippen molar-refractivity contribution >= 4 is 17.5 Å². The molecule has 4 atom stereocenters. The highest BCUT2D eigenvalue weighted by Crippen LogP contribution is 2.52.